The third-order valence-electron chi connectivity index (χ3n) is 3.94. The Bertz CT molecular complexity index is 778. The van der Waals surface area contributed by atoms with E-state index in [1.165, 1.54) is 6.07 Å². The Kier molecular flexibility index (Phi) is 8.21. The Balaban J connectivity index is 2.81. The monoisotopic (exact) mass is 538 g/mol. The van der Waals surface area contributed by atoms with Crippen molar-refractivity contribution >= 4 is 15.9 Å². The summed E-state index contributed by atoms with van der Waals surface area (Å²) in [6.45, 7) is -0.321. The van der Waals surface area contributed by atoms with Crippen LogP contribution in [0, 0.1) is 0 Å². The first-order valence-corrected chi connectivity index (χ1v) is 8.83. The Hall–Kier alpha value is -1.41. The number of rotatable bonds is 10. The zero-order valence-electron chi connectivity index (χ0n) is 15.1. The first kappa shape index (κ1) is 27.6. The number of halogens is 12. The number of hydrogen-bond donors (Lipinski definition) is 1. The third kappa shape index (κ3) is 5.51. The van der Waals surface area contributed by atoms with Crippen LogP contribution >= 0.6 is 15.9 Å². The summed E-state index contributed by atoms with van der Waals surface area (Å²) in [4.78, 5) is 0. The molecule has 1 aromatic carbocycles. The molecule has 14 heteroatoms. The van der Waals surface area contributed by atoms with E-state index in [1.807, 2.05) is 0 Å². The molecule has 0 heterocycles. The average Bonchev–Trinajstić information content (AvgIpc) is 2.60. The highest BCUT2D eigenvalue weighted by Gasteiger charge is 2.87. The molecule has 31 heavy (non-hydrogen) atoms. The number of alkyl halides is 11. The molecule has 1 rings (SSSR count). The van der Waals surface area contributed by atoms with E-state index < -0.39 is 49.2 Å². The lowest BCUT2D eigenvalue weighted by Crippen LogP contribution is -2.67. The van der Waals surface area contributed by atoms with E-state index >= 15 is 0 Å². The van der Waals surface area contributed by atoms with Crippen LogP contribution in [0.5, 0.6) is 0 Å². The van der Waals surface area contributed by atoms with Crippen molar-refractivity contribution < 1.29 is 58.1 Å². The number of aliphatic hydroxyl groups is 1. The van der Waals surface area contributed by atoms with Crippen LogP contribution < -0.4 is 0 Å². The van der Waals surface area contributed by atoms with E-state index in [4.69, 9.17) is 0 Å². The molecule has 0 saturated heterocycles. The third-order valence-corrected chi connectivity index (χ3v) is 4.66. The molecule has 1 N–H and O–H groups in total. The van der Waals surface area contributed by atoms with Gasteiger partial charge in [0.25, 0.3) is 0 Å². The number of ether oxygens (including phenoxy) is 1. The molecule has 0 fully saturated rings. The number of benzene rings is 1. The van der Waals surface area contributed by atoms with Gasteiger partial charge in [0.15, 0.2) is 0 Å². The van der Waals surface area contributed by atoms with Gasteiger partial charge >= 0.3 is 29.9 Å². The van der Waals surface area contributed by atoms with Crippen molar-refractivity contribution in [3.8, 4) is 0 Å². The SMILES string of the molecule is C=C(COCC(F)(F)C(F)(F)C(F)(F)C(F)(F)C(F)(F)F)CC(O)c1ccccc1Br. The van der Waals surface area contributed by atoms with Gasteiger partial charge in [0.1, 0.15) is 6.61 Å². The Labute approximate surface area is 176 Å². The highest BCUT2D eigenvalue weighted by molar-refractivity contribution is 9.10. The molecular formula is C17H14BrF11O2. The topological polar surface area (TPSA) is 29.5 Å². The molecule has 0 spiro atoms. The molecule has 0 aliphatic rings. The van der Waals surface area contributed by atoms with Crippen molar-refractivity contribution in [1.82, 2.24) is 0 Å². The van der Waals surface area contributed by atoms with Gasteiger partial charge in [-0.3, -0.25) is 0 Å². The van der Waals surface area contributed by atoms with Gasteiger partial charge in [-0.1, -0.05) is 40.7 Å². The summed E-state index contributed by atoms with van der Waals surface area (Å²) in [7, 11) is 0. The standard InChI is InChI=1S/C17H14BrF11O2/c1-9(6-12(30)10-4-2-3-5-11(10)18)7-31-8-13(19,20)14(21,22)15(23,24)16(25,26)17(27,28)29/h2-5,12,30H,1,6-8H2. The summed E-state index contributed by atoms with van der Waals surface area (Å²) < 4.78 is 146. The fraction of sp³-hybridized carbons (Fsp3) is 0.529. The van der Waals surface area contributed by atoms with Crippen LogP contribution in [0.2, 0.25) is 0 Å². The van der Waals surface area contributed by atoms with Crippen LogP contribution in [-0.2, 0) is 4.74 Å². The average molecular weight is 539 g/mol. The van der Waals surface area contributed by atoms with E-state index in [0.717, 1.165) is 0 Å². The molecule has 178 valence electrons. The fourth-order valence-electron chi connectivity index (χ4n) is 2.21. The molecule has 0 aliphatic carbocycles. The van der Waals surface area contributed by atoms with Crippen molar-refractivity contribution in [2.75, 3.05) is 13.2 Å². The van der Waals surface area contributed by atoms with Gasteiger partial charge in [-0.25, -0.2) is 0 Å². The van der Waals surface area contributed by atoms with Crippen molar-refractivity contribution in [1.29, 1.82) is 0 Å². The Morgan fingerprint density at radius 1 is 0.903 bits per heavy atom. The molecule has 2 nitrogen and oxygen atoms in total. The van der Waals surface area contributed by atoms with E-state index in [2.05, 4.69) is 27.2 Å². The van der Waals surface area contributed by atoms with Crippen LogP contribution in [0.15, 0.2) is 40.9 Å². The second kappa shape index (κ2) is 9.22. The summed E-state index contributed by atoms with van der Waals surface area (Å²) in [6.07, 6.45) is -8.83. The maximum atomic E-state index is 13.5. The molecule has 1 aromatic rings. The summed E-state index contributed by atoms with van der Waals surface area (Å²) >= 11 is 3.12. The smallest absolute Gasteiger partial charge is 0.388 e. The molecule has 0 aromatic heterocycles. The van der Waals surface area contributed by atoms with Crippen molar-refractivity contribution in [3.63, 3.8) is 0 Å². The predicted octanol–water partition coefficient (Wildman–Crippen LogP) is 6.55. The van der Waals surface area contributed by atoms with Crippen LogP contribution in [0.1, 0.15) is 18.1 Å². The zero-order valence-corrected chi connectivity index (χ0v) is 16.7. The van der Waals surface area contributed by atoms with Gasteiger partial charge in [0.2, 0.25) is 0 Å². The summed E-state index contributed by atoms with van der Waals surface area (Å²) in [6, 6.07) is 6.18. The number of hydrogen-bond acceptors (Lipinski definition) is 2. The van der Waals surface area contributed by atoms with Gasteiger partial charge in [-0.05, 0) is 17.2 Å². The molecule has 0 saturated carbocycles. The lowest BCUT2D eigenvalue weighted by molar-refractivity contribution is -0.424. The first-order chi connectivity index (χ1) is 13.8. The van der Waals surface area contributed by atoms with E-state index in [9.17, 15) is 53.4 Å². The van der Waals surface area contributed by atoms with E-state index in [1.54, 1.807) is 18.2 Å². The maximum Gasteiger partial charge on any atom is 0.460 e. The molecule has 1 unspecified atom stereocenters. The van der Waals surface area contributed by atoms with Gasteiger partial charge < -0.3 is 9.84 Å². The second-order valence-electron chi connectivity index (χ2n) is 6.41. The molecular weight excluding hydrogens is 525 g/mol. The van der Waals surface area contributed by atoms with Crippen molar-refractivity contribution in [3.05, 3.63) is 46.5 Å². The predicted molar refractivity (Wildman–Crippen MR) is 89.5 cm³/mol. The van der Waals surface area contributed by atoms with Crippen LogP contribution in [0.3, 0.4) is 0 Å². The van der Waals surface area contributed by atoms with Crippen molar-refractivity contribution in [2.45, 2.75) is 42.4 Å². The minimum Gasteiger partial charge on any atom is -0.388 e. The quantitative estimate of drug-likeness (QED) is 0.270. The van der Waals surface area contributed by atoms with Crippen LogP contribution in [0.4, 0.5) is 48.3 Å². The first-order valence-electron chi connectivity index (χ1n) is 8.04. The lowest BCUT2D eigenvalue weighted by atomic mass is 9.98. The van der Waals surface area contributed by atoms with Gasteiger partial charge in [0.05, 0.1) is 12.7 Å². The Morgan fingerprint density at radius 2 is 1.42 bits per heavy atom. The summed E-state index contributed by atoms with van der Waals surface area (Å²) in [5.74, 6) is -28.1. The normalized spacial score (nSPS) is 15.1. The maximum absolute atomic E-state index is 13.5. The minimum atomic E-state index is -7.47. The molecule has 1 atom stereocenters. The molecule has 0 radical (unpaired) electrons. The summed E-state index contributed by atoms with van der Waals surface area (Å²) in [5, 5.41) is 10.0. The second-order valence-corrected chi connectivity index (χ2v) is 7.26. The van der Waals surface area contributed by atoms with Crippen LogP contribution in [0.25, 0.3) is 0 Å². The van der Waals surface area contributed by atoms with Crippen molar-refractivity contribution in [2.24, 2.45) is 0 Å². The van der Waals surface area contributed by atoms with Gasteiger partial charge in [0, 0.05) is 10.9 Å². The minimum absolute atomic E-state index is 0.185. The highest BCUT2D eigenvalue weighted by Crippen LogP contribution is 2.57. The zero-order chi connectivity index (χ0) is 24.5. The largest absolute Gasteiger partial charge is 0.460 e. The Morgan fingerprint density at radius 3 is 1.90 bits per heavy atom. The fourth-order valence-corrected chi connectivity index (χ4v) is 2.76. The number of aliphatic hydroxyl groups excluding tert-OH is 1. The lowest BCUT2D eigenvalue weighted by Gasteiger charge is -2.37. The summed E-state index contributed by atoms with van der Waals surface area (Å²) in [5.41, 5.74) is 0.143. The van der Waals surface area contributed by atoms with Gasteiger partial charge in [-0.15, -0.1) is 0 Å². The van der Waals surface area contributed by atoms with Crippen LogP contribution in [-0.4, -0.2) is 48.2 Å². The molecule has 0 amide bonds. The highest BCUT2D eigenvalue weighted by atomic mass is 79.9. The van der Waals surface area contributed by atoms with E-state index in [-0.39, 0.29) is 12.0 Å². The molecule has 0 aliphatic heterocycles. The van der Waals surface area contributed by atoms with Gasteiger partial charge in [-0.2, -0.15) is 48.3 Å². The van der Waals surface area contributed by atoms with E-state index in [0.29, 0.717) is 10.0 Å². The molecule has 0 bridgehead atoms.